The normalized spacial score (nSPS) is 21.1. The molecule has 1 saturated heterocycles. The SMILES string of the molecule is O=C1C[C@@H](CN2CC=C(c3ccc(F)cc3)CC2)CN1c1ccccc1. The van der Waals surface area contributed by atoms with Crippen molar-refractivity contribution >= 4 is 17.2 Å². The van der Waals surface area contributed by atoms with Crippen LogP contribution in [0.5, 0.6) is 0 Å². The monoisotopic (exact) mass is 350 g/mol. The molecule has 2 heterocycles. The van der Waals surface area contributed by atoms with Gasteiger partial charge in [0.05, 0.1) is 0 Å². The molecule has 134 valence electrons. The molecule has 0 aromatic heterocycles. The lowest BCUT2D eigenvalue weighted by atomic mass is 9.98. The molecule has 2 aliphatic heterocycles. The number of benzene rings is 2. The van der Waals surface area contributed by atoms with E-state index in [2.05, 4.69) is 11.0 Å². The summed E-state index contributed by atoms with van der Waals surface area (Å²) in [5, 5.41) is 0. The fraction of sp³-hybridized carbons (Fsp3) is 0.318. The summed E-state index contributed by atoms with van der Waals surface area (Å²) >= 11 is 0. The summed E-state index contributed by atoms with van der Waals surface area (Å²) in [6.07, 6.45) is 3.83. The minimum absolute atomic E-state index is 0.194. The van der Waals surface area contributed by atoms with Crippen LogP contribution in [-0.2, 0) is 4.79 Å². The van der Waals surface area contributed by atoms with Crippen molar-refractivity contribution in [3.63, 3.8) is 0 Å². The van der Waals surface area contributed by atoms with Crippen molar-refractivity contribution in [1.29, 1.82) is 0 Å². The Balaban J connectivity index is 1.35. The van der Waals surface area contributed by atoms with Crippen molar-refractivity contribution in [2.45, 2.75) is 12.8 Å². The number of para-hydroxylation sites is 1. The number of amides is 1. The van der Waals surface area contributed by atoms with Crippen molar-refractivity contribution < 1.29 is 9.18 Å². The Morgan fingerprint density at radius 3 is 2.50 bits per heavy atom. The molecule has 2 aromatic rings. The second-order valence-electron chi connectivity index (χ2n) is 7.16. The second kappa shape index (κ2) is 7.42. The van der Waals surface area contributed by atoms with E-state index < -0.39 is 0 Å². The van der Waals surface area contributed by atoms with E-state index in [0.717, 1.165) is 43.9 Å². The Bertz CT molecular complexity index is 801. The fourth-order valence-electron chi connectivity index (χ4n) is 3.93. The molecule has 26 heavy (non-hydrogen) atoms. The number of carbonyl (C=O) groups excluding carboxylic acids is 1. The first-order valence-corrected chi connectivity index (χ1v) is 9.22. The smallest absolute Gasteiger partial charge is 0.227 e. The van der Waals surface area contributed by atoms with E-state index in [-0.39, 0.29) is 11.7 Å². The third kappa shape index (κ3) is 3.70. The molecule has 4 rings (SSSR count). The van der Waals surface area contributed by atoms with Gasteiger partial charge in [0.25, 0.3) is 0 Å². The minimum Gasteiger partial charge on any atom is -0.312 e. The molecular formula is C22H23FN2O. The first-order chi connectivity index (χ1) is 12.7. The third-order valence-electron chi connectivity index (χ3n) is 5.30. The summed E-state index contributed by atoms with van der Waals surface area (Å²) < 4.78 is 13.1. The summed E-state index contributed by atoms with van der Waals surface area (Å²) in [5.74, 6) is 0.407. The van der Waals surface area contributed by atoms with Gasteiger partial charge >= 0.3 is 0 Å². The zero-order valence-corrected chi connectivity index (χ0v) is 14.8. The van der Waals surface area contributed by atoms with Gasteiger partial charge in [-0.1, -0.05) is 36.4 Å². The van der Waals surface area contributed by atoms with Gasteiger partial charge in [0.15, 0.2) is 0 Å². The average molecular weight is 350 g/mol. The maximum Gasteiger partial charge on any atom is 0.227 e. The van der Waals surface area contributed by atoms with E-state index in [1.165, 1.54) is 17.7 Å². The quantitative estimate of drug-likeness (QED) is 0.833. The standard InChI is InChI=1S/C22H23FN2O/c23-20-8-6-18(7-9-20)19-10-12-24(13-11-19)15-17-14-22(26)25(16-17)21-4-2-1-3-5-21/h1-10,17H,11-16H2/t17-/m0/s1. The predicted octanol–water partition coefficient (Wildman–Crippen LogP) is 3.97. The molecule has 0 aliphatic carbocycles. The average Bonchev–Trinajstić information content (AvgIpc) is 3.04. The highest BCUT2D eigenvalue weighted by molar-refractivity contribution is 5.95. The summed E-state index contributed by atoms with van der Waals surface area (Å²) in [5.41, 5.74) is 3.39. The van der Waals surface area contributed by atoms with E-state index in [0.29, 0.717) is 12.3 Å². The summed E-state index contributed by atoms with van der Waals surface area (Å²) in [6.45, 7) is 3.62. The molecule has 0 unspecified atom stereocenters. The Hall–Kier alpha value is -2.46. The van der Waals surface area contributed by atoms with Gasteiger partial charge in [0.2, 0.25) is 5.91 Å². The molecule has 0 saturated carbocycles. The number of hydrogen-bond donors (Lipinski definition) is 0. The van der Waals surface area contributed by atoms with Crippen LogP contribution < -0.4 is 4.90 Å². The number of anilines is 1. The Morgan fingerprint density at radius 1 is 1.04 bits per heavy atom. The maximum absolute atomic E-state index is 13.1. The van der Waals surface area contributed by atoms with Crippen LogP contribution >= 0.6 is 0 Å². The van der Waals surface area contributed by atoms with Gasteiger partial charge in [-0.15, -0.1) is 0 Å². The summed E-state index contributed by atoms with van der Waals surface area (Å²) in [7, 11) is 0. The first-order valence-electron chi connectivity index (χ1n) is 9.22. The molecule has 2 aliphatic rings. The fourth-order valence-corrected chi connectivity index (χ4v) is 3.93. The largest absolute Gasteiger partial charge is 0.312 e. The number of nitrogens with zero attached hydrogens (tertiary/aromatic N) is 2. The van der Waals surface area contributed by atoms with E-state index in [9.17, 15) is 9.18 Å². The molecule has 4 heteroatoms. The second-order valence-corrected chi connectivity index (χ2v) is 7.16. The van der Waals surface area contributed by atoms with Crippen molar-refractivity contribution in [2.24, 2.45) is 5.92 Å². The third-order valence-corrected chi connectivity index (χ3v) is 5.30. The highest BCUT2D eigenvalue weighted by Gasteiger charge is 2.31. The Kier molecular flexibility index (Phi) is 4.85. The van der Waals surface area contributed by atoms with Crippen molar-refractivity contribution in [3.8, 4) is 0 Å². The Labute approximate surface area is 153 Å². The molecule has 0 radical (unpaired) electrons. The van der Waals surface area contributed by atoms with E-state index in [1.54, 1.807) is 0 Å². The highest BCUT2D eigenvalue weighted by Crippen LogP contribution is 2.27. The van der Waals surface area contributed by atoms with E-state index in [4.69, 9.17) is 0 Å². The van der Waals surface area contributed by atoms with Crippen LogP contribution in [0.25, 0.3) is 5.57 Å². The molecule has 0 spiro atoms. The van der Waals surface area contributed by atoms with Crippen LogP contribution in [0.3, 0.4) is 0 Å². The van der Waals surface area contributed by atoms with E-state index in [1.807, 2.05) is 47.4 Å². The first kappa shape index (κ1) is 17.0. The topological polar surface area (TPSA) is 23.6 Å². The van der Waals surface area contributed by atoms with Gasteiger partial charge < -0.3 is 4.90 Å². The lowest BCUT2D eigenvalue weighted by molar-refractivity contribution is -0.117. The molecule has 1 atom stereocenters. The van der Waals surface area contributed by atoms with Crippen LogP contribution in [0.2, 0.25) is 0 Å². The van der Waals surface area contributed by atoms with Gasteiger partial charge in [-0.2, -0.15) is 0 Å². The van der Waals surface area contributed by atoms with Gasteiger partial charge in [-0.3, -0.25) is 9.69 Å². The molecule has 2 aromatic carbocycles. The van der Waals surface area contributed by atoms with Crippen LogP contribution in [0.1, 0.15) is 18.4 Å². The van der Waals surface area contributed by atoms with Crippen molar-refractivity contribution in [2.75, 3.05) is 31.1 Å². The van der Waals surface area contributed by atoms with Gasteiger partial charge in [0.1, 0.15) is 5.82 Å². The van der Waals surface area contributed by atoms with Crippen LogP contribution in [0.4, 0.5) is 10.1 Å². The summed E-state index contributed by atoms with van der Waals surface area (Å²) in [6, 6.07) is 16.7. The van der Waals surface area contributed by atoms with Gasteiger partial charge in [0, 0.05) is 38.3 Å². The highest BCUT2D eigenvalue weighted by atomic mass is 19.1. The Morgan fingerprint density at radius 2 is 1.81 bits per heavy atom. The molecule has 0 bridgehead atoms. The number of rotatable bonds is 4. The minimum atomic E-state index is -0.194. The maximum atomic E-state index is 13.1. The van der Waals surface area contributed by atoms with Crippen LogP contribution in [-0.4, -0.2) is 37.0 Å². The van der Waals surface area contributed by atoms with E-state index >= 15 is 0 Å². The molecule has 1 fully saturated rings. The molecule has 0 N–H and O–H groups in total. The van der Waals surface area contributed by atoms with Gasteiger partial charge in [-0.05, 0) is 47.7 Å². The van der Waals surface area contributed by atoms with Crippen molar-refractivity contribution in [1.82, 2.24) is 4.90 Å². The zero-order valence-electron chi connectivity index (χ0n) is 14.8. The number of halogens is 1. The zero-order chi connectivity index (χ0) is 17.9. The van der Waals surface area contributed by atoms with Crippen molar-refractivity contribution in [3.05, 3.63) is 72.1 Å². The molecule has 1 amide bonds. The molecular weight excluding hydrogens is 327 g/mol. The number of carbonyl (C=O) groups is 1. The molecule has 3 nitrogen and oxygen atoms in total. The van der Waals surface area contributed by atoms with Crippen LogP contribution in [0.15, 0.2) is 60.7 Å². The number of hydrogen-bond acceptors (Lipinski definition) is 2. The predicted molar refractivity (Wildman–Crippen MR) is 102 cm³/mol. The van der Waals surface area contributed by atoms with Gasteiger partial charge in [-0.25, -0.2) is 4.39 Å². The lowest BCUT2D eigenvalue weighted by Gasteiger charge is -2.28. The van der Waals surface area contributed by atoms with Crippen LogP contribution in [0, 0.1) is 11.7 Å². The summed E-state index contributed by atoms with van der Waals surface area (Å²) in [4.78, 5) is 16.7. The lowest BCUT2D eigenvalue weighted by Crippen LogP contribution is -2.34.